The van der Waals surface area contributed by atoms with Gasteiger partial charge in [0, 0.05) is 11.3 Å². The third kappa shape index (κ3) is 4.41. The molecule has 29 heavy (non-hydrogen) atoms. The summed E-state index contributed by atoms with van der Waals surface area (Å²) in [6, 6.07) is 12.3. The van der Waals surface area contributed by atoms with E-state index in [2.05, 4.69) is 10.3 Å². The van der Waals surface area contributed by atoms with Crippen molar-refractivity contribution in [3.05, 3.63) is 81.1 Å². The first-order valence-corrected chi connectivity index (χ1v) is 9.34. The van der Waals surface area contributed by atoms with Gasteiger partial charge in [0.05, 0.1) is 28.5 Å². The molecule has 4 N–H and O–H groups in total. The summed E-state index contributed by atoms with van der Waals surface area (Å²) in [5.41, 5.74) is 16.7. The molecule has 0 spiro atoms. The van der Waals surface area contributed by atoms with E-state index in [-0.39, 0.29) is 5.84 Å². The van der Waals surface area contributed by atoms with E-state index in [1.165, 1.54) is 0 Å². The molecular weight excluding hydrogens is 390 g/mol. The molecule has 8 heteroatoms. The maximum absolute atomic E-state index is 12.4. The number of anilines is 1. The highest BCUT2D eigenvalue weighted by Crippen LogP contribution is 2.20. The summed E-state index contributed by atoms with van der Waals surface area (Å²) in [6.07, 6.45) is 0. The van der Waals surface area contributed by atoms with Crippen LogP contribution in [0.15, 0.2) is 47.6 Å². The molecule has 0 aliphatic rings. The molecule has 0 amide bonds. The second-order valence-electron chi connectivity index (χ2n) is 6.72. The average Bonchev–Trinajstić information content (AvgIpc) is 2.94. The van der Waals surface area contributed by atoms with E-state index in [4.69, 9.17) is 27.9 Å². The smallest absolute Gasteiger partial charge is 0.365 e. The van der Waals surface area contributed by atoms with E-state index < -0.39 is 5.97 Å². The monoisotopic (exact) mass is 411 g/mol. The van der Waals surface area contributed by atoms with Gasteiger partial charge in [0.25, 0.3) is 0 Å². The van der Waals surface area contributed by atoms with Gasteiger partial charge >= 0.3 is 5.97 Å². The van der Waals surface area contributed by atoms with E-state index in [9.17, 15) is 4.79 Å². The summed E-state index contributed by atoms with van der Waals surface area (Å²) < 4.78 is 1.79. The second kappa shape index (κ2) is 8.36. The van der Waals surface area contributed by atoms with Crippen molar-refractivity contribution in [2.24, 2.45) is 10.9 Å². The minimum Gasteiger partial charge on any atom is -0.398 e. The van der Waals surface area contributed by atoms with Gasteiger partial charge in [-0.3, -0.25) is 4.68 Å². The topological polar surface area (TPSA) is 109 Å². The number of nitrogen functional groups attached to an aromatic ring is 1. The van der Waals surface area contributed by atoms with Crippen molar-refractivity contribution in [1.82, 2.24) is 9.78 Å². The van der Waals surface area contributed by atoms with Gasteiger partial charge in [-0.25, -0.2) is 4.79 Å². The Balaban J connectivity index is 1.75. The summed E-state index contributed by atoms with van der Waals surface area (Å²) in [6.45, 7) is 6.05. The van der Waals surface area contributed by atoms with Crippen molar-refractivity contribution in [3.8, 4) is 0 Å². The Kier molecular flexibility index (Phi) is 5.89. The average molecular weight is 412 g/mol. The molecule has 3 rings (SSSR count). The molecule has 0 aliphatic carbocycles. The lowest BCUT2D eigenvalue weighted by Crippen LogP contribution is -2.17. The number of halogens is 1. The molecule has 150 valence electrons. The first-order valence-electron chi connectivity index (χ1n) is 8.96. The first-order chi connectivity index (χ1) is 13.8. The van der Waals surface area contributed by atoms with Crippen LogP contribution in [0.25, 0.3) is 0 Å². The fraction of sp³-hybridized carbons (Fsp3) is 0.190. The molecule has 0 fully saturated rings. The third-order valence-electron chi connectivity index (χ3n) is 4.67. The Labute approximate surface area is 173 Å². The normalized spacial score (nSPS) is 11.5. The lowest BCUT2D eigenvalue weighted by Gasteiger charge is -2.08. The Hall–Kier alpha value is -3.32. The number of nitrogens with zero attached hydrogens (tertiary/aromatic N) is 3. The van der Waals surface area contributed by atoms with Crippen LogP contribution >= 0.6 is 11.6 Å². The number of carbonyl (C=O) groups is 1. The van der Waals surface area contributed by atoms with Gasteiger partial charge < -0.3 is 16.3 Å². The summed E-state index contributed by atoms with van der Waals surface area (Å²) in [4.78, 5) is 17.4. The zero-order valence-electron chi connectivity index (χ0n) is 16.4. The maximum Gasteiger partial charge on any atom is 0.365 e. The largest absolute Gasteiger partial charge is 0.398 e. The fourth-order valence-corrected chi connectivity index (χ4v) is 3.06. The number of rotatable bonds is 5. The third-order valence-corrected chi connectivity index (χ3v) is 5.21. The Morgan fingerprint density at radius 3 is 2.62 bits per heavy atom. The summed E-state index contributed by atoms with van der Waals surface area (Å²) in [5.74, 6) is -0.528. The van der Waals surface area contributed by atoms with E-state index in [0.717, 1.165) is 22.5 Å². The lowest BCUT2D eigenvalue weighted by atomic mass is 10.1. The number of hydrogen-bond donors (Lipinski definition) is 2. The number of aryl methyl sites for hydroxylation is 1. The number of amidine groups is 1. The summed E-state index contributed by atoms with van der Waals surface area (Å²) in [5, 5.41) is 8.82. The van der Waals surface area contributed by atoms with Crippen molar-refractivity contribution >= 4 is 29.1 Å². The molecule has 0 aliphatic heterocycles. The van der Waals surface area contributed by atoms with E-state index >= 15 is 0 Å². The number of benzene rings is 2. The van der Waals surface area contributed by atoms with Crippen molar-refractivity contribution in [1.29, 1.82) is 0 Å². The predicted octanol–water partition coefficient (Wildman–Crippen LogP) is 3.57. The quantitative estimate of drug-likeness (QED) is 0.219. The zero-order chi connectivity index (χ0) is 21.1. The Morgan fingerprint density at radius 1 is 1.21 bits per heavy atom. The van der Waals surface area contributed by atoms with Gasteiger partial charge in [0.15, 0.2) is 5.84 Å². The first kappa shape index (κ1) is 20.4. The van der Waals surface area contributed by atoms with Crippen LogP contribution in [0, 0.1) is 20.8 Å². The molecule has 3 aromatic rings. The van der Waals surface area contributed by atoms with E-state index in [1.54, 1.807) is 41.1 Å². The molecular formula is C21H22ClN5O2. The molecule has 0 saturated carbocycles. The molecule has 1 aromatic heterocycles. The highest BCUT2D eigenvalue weighted by Gasteiger charge is 2.13. The molecule has 1 heterocycles. The van der Waals surface area contributed by atoms with Crippen LogP contribution in [-0.2, 0) is 11.4 Å². The van der Waals surface area contributed by atoms with Crippen LogP contribution in [0.2, 0.25) is 5.02 Å². The highest BCUT2D eigenvalue weighted by atomic mass is 35.5. The van der Waals surface area contributed by atoms with Crippen molar-refractivity contribution in [2.75, 3.05) is 5.73 Å². The second-order valence-corrected chi connectivity index (χ2v) is 7.10. The fourth-order valence-electron chi connectivity index (χ4n) is 2.92. The standard InChI is InChI=1S/C21H22ClN5O2/c1-12-17(8-5-9-18(12)23)20(24)26-29-21(28)16-7-4-6-15(10-16)11-27-14(3)19(22)13(2)25-27/h4-10H,11,23H2,1-3H3,(H2,24,26). The lowest BCUT2D eigenvalue weighted by molar-refractivity contribution is 0.0516. The molecule has 7 nitrogen and oxygen atoms in total. The van der Waals surface area contributed by atoms with Gasteiger partial charge in [-0.05, 0) is 50.1 Å². The van der Waals surface area contributed by atoms with E-state index in [1.807, 2.05) is 26.8 Å². The van der Waals surface area contributed by atoms with Gasteiger partial charge in [-0.1, -0.05) is 41.0 Å². The van der Waals surface area contributed by atoms with Crippen LogP contribution in [0.3, 0.4) is 0 Å². The Morgan fingerprint density at radius 2 is 1.93 bits per heavy atom. The zero-order valence-corrected chi connectivity index (χ0v) is 17.2. The van der Waals surface area contributed by atoms with Crippen molar-refractivity contribution < 1.29 is 9.63 Å². The number of hydrogen-bond acceptors (Lipinski definition) is 5. The SMILES string of the molecule is Cc1nn(Cc2cccc(C(=O)O/N=C(\N)c3cccc(N)c3C)c2)c(C)c1Cl. The van der Waals surface area contributed by atoms with Crippen LogP contribution in [0.1, 0.15) is 38.4 Å². The molecule has 0 bridgehead atoms. The van der Waals surface area contributed by atoms with Crippen LogP contribution in [0.5, 0.6) is 0 Å². The molecule has 0 unspecified atom stereocenters. The van der Waals surface area contributed by atoms with Crippen LogP contribution in [0.4, 0.5) is 5.69 Å². The predicted molar refractivity (Wildman–Crippen MR) is 114 cm³/mol. The molecule has 0 radical (unpaired) electrons. The molecule has 2 aromatic carbocycles. The minimum absolute atomic E-state index is 0.0802. The van der Waals surface area contributed by atoms with Crippen molar-refractivity contribution in [3.63, 3.8) is 0 Å². The number of carbonyl (C=O) groups excluding carboxylic acids is 1. The van der Waals surface area contributed by atoms with Gasteiger partial charge in [0.1, 0.15) is 0 Å². The van der Waals surface area contributed by atoms with Gasteiger partial charge in [0.2, 0.25) is 0 Å². The van der Waals surface area contributed by atoms with Crippen LogP contribution < -0.4 is 11.5 Å². The van der Waals surface area contributed by atoms with Crippen molar-refractivity contribution in [2.45, 2.75) is 27.3 Å². The maximum atomic E-state index is 12.4. The number of oxime groups is 1. The summed E-state index contributed by atoms with van der Waals surface area (Å²) >= 11 is 6.20. The highest BCUT2D eigenvalue weighted by molar-refractivity contribution is 6.31. The van der Waals surface area contributed by atoms with E-state index in [0.29, 0.717) is 28.4 Å². The molecule has 0 atom stereocenters. The van der Waals surface area contributed by atoms with Gasteiger partial charge in [-0.2, -0.15) is 5.10 Å². The number of nitrogens with two attached hydrogens (primary N) is 2. The summed E-state index contributed by atoms with van der Waals surface area (Å²) in [7, 11) is 0. The number of aromatic nitrogens is 2. The van der Waals surface area contributed by atoms with Gasteiger partial charge in [-0.15, -0.1) is 0 Å². The minimum atomic E-state index is -0.609. The molecule has 0 saturated heterocycles. The Bertz CT molecular complexity index is 1100. The van der Waals surface area contributed by atoms with Crippen LogP contribution in [-0.4, -0.2) is 21.6 Å².